The summed E-state index contributed by atoms with van der Waals surface area (Å²) < 4.78 is 7.43. The summed E-state index contributed by atoms with van der Waals surface area (Å²) in [7, 11) is 5.57. The molecule has 1 aliphatic heterocycles. The predicted octanol–water partition coefficient (Wildman–Crippen LogP) is 2.90. The molecule has 1 aliphatic rings. The first-order valence-corrected chi connectivity index (χ1v) is 11.1. The van der Waals surface area contributed by atoms with Gasteiger partial charge in [-0.15, -0.1) is 0 Å². The fourth-order valence-electron chi connectivity index (χ4n) is 3.89. The van der Waals surface area contributed by atoms with Crippen molar-refractivity contribution in [2.24, 2.45) is 4.99 Å². The van der Waals surface area contributed by atoms with Crippen molar-refractivity contribution in [3.63, 3.8) is 0 Å². The number of hydrogen-bond acceptors (Lipinski definition) is 6. The zero-order valence-corrected chi connectivity index (χ0v) is 19.6. The Labute approximate surface area is 190 Å². The van der Waals surface area contributed by atoms with E-state index in [4.69, 9.17) is 4.74 Å². The number of rotatable bonds is 5. The number of ether oxygens (including phenoxy) is 1. The maximum Gasteiger partial charge on any atom is 0.271 e. The zero-order valence-electron chi connectivity index (χ0n) is 18.7. The van der Waals surface area contributed by atoms with Gasteiger partial charge in [0, 0.05) is 31.1 Å². The molecule has 1 unspecified atom stereocenters. The van der Waals surface area contributed by atoms with Gasteiger partial charge in [0.1, 0.15) is 5.75 Å². The molecule has 0 bridgehead atoms. The Morgan fingerprint density at radius 2 is 1.78 bits per heavy atom. The summed E-state index contributed by atoms with van der Waals surface area (Å²) in [5.41, 5.74) is 3.86. The number of benzene rings is 2. The molecule has 7 heteroatoms. The average Bonchev–Trinajstić information content (AvgIpc) is 3.07. The van der Waals surface area contributed by atoms with E-state index in [1.165, 1.54) is 18.3 Å². The maximum absolute atomic E-state index is 13.5. The molecule has 0 saturated heterocycles. The van der Waals surface area contributed by atoms with E-state index in [0.29, 0.717) is 20.6 Å². The molecule has 0 N–H and O–H groups in total. The summed E-state index contributed by atoms with van der Waals surface area (Å²) in [6.45, 7) is 3.36. The fourth-order valence-corrected chi connectivity index (χ4v) is 4.94. The van der Waals surface area contributed by atoms with E-state index in [1.54, 1.807) is 11.7 Å². The molecule has 2 heterocycles. The highest BCUT2D eigenvalue weighted by atomic mass is 32.1. The summed E-state index contributed by atoms with van der Waals surface area (Å²) in [4.78, 5) is 33.3. The van der Waals surface area contributed by atoms with Crippen LogP contribution < -0.4 is 24.5 Å². The second-order valence-corrected chi connectivity index (χ2v) is 8.91. The predicted molar refractivity (Wildman–Crippen MR) is 128 cm³/mol. The molecule has 0 spiro atoms. The molecule has 0 radical (unpaired) electrons. The van der Waals surface area contributed by atoms with Crippen LogP contribution >= 0.6 is 11.3 Å². The van der Waals surface area contributed by atoms with Gasteiger partial charge in [-0.2, -0.15) is 0 Å². The molecule has 1 atom stereocenters. The van der Waals surface area contributed by atoms with Crippen LogP contribution in [0.25, 0.3) is 6.08 Å². The number of anilines is 1. The van der Waals surface area contributed by atoms with Gasteiger partial charge in [-0.3, -0.25) is 14.2 Å². The van der Waals surface area contributed by atoms with Crippen molar-refractivity contribution < 1.29 is 9.53 Å². The van der Waals surface area contributed by atoms with Gasteiger partial charge in [-0.25, -0.2) is 4.99 Å². The normalized spacial score (nSPS) is 15.9. The third-order valence-corrected chi connectivity index (χ3v) is 6.52. The molecule has 0 fully saturated rings. The molecule has 0 saturated carbocycles. The number of Topliss-reactive ketones (excluding diaryl/α,β-unsaturated/α-hetero) is 1. The molecule has 3 aromatic rings. The minimum absolute atomic E-state index is 0.0858. The Morgan fingerprint density at radius 3 is 2.34 bits per heavy atom. The van der Waals surface area contributed by atoms with Crippen molar-refractivity contribution in [2.45, 2.75) is 19.9 Å². The van der Waals surface area contributed by atoms with E-state index in [-0.39, 0.29) is 11.3 Å². The molecule has 4 rings (SSSR count). The first kappa shape index (κ1) is 21.8. The van der Waals surface area contributed by atoms with E-state index < -0.39 is 6.04 Å². The van der Waals surface area contributed by atoms with Crippen LogP contribution in [-0.2, 0) is 4.79 Å². The zero-order chi connectivity index (χ0) is 23.0. The van der Waals surface area contributed by atoms with E-state index in [0.717, 1.165) is 22.6 Å². The second kappa shape index (κ2) is 8.59. The average molecular weight is 448 g/mol. The van der Waals surface area contributed by atoms with Gasteiger partial charge in [0.15, 0.2) is 10.6 Å². The van der Waals surface area contributed by atoms with Gasteiger partial charge in [0.25, 0.3) is 5.56 Å². The summed E-state index contributed by atoms with van der Waals surface area (Å²) in [6, 6.07) is 15.0. The molecule has 1 aromatic heterocycles. The third-order valence-electron chi connectivity index (χ3n) is 5.54. The van der Waals surface area contributed by atoms with Crippen LogP contribution in [0, 0.1) is 0 Å². The van der Waals surface area contributed by atoms with Crippen LogP contribution in [0.15, 0.2) is 69.6 Å². The van der Waals surface area contributed by atoms with Gasteiger partial charge in [0.2, 0.25) is 0 Å². The molecular formula is C25H25N3O3S. The van der Waals surface area contributed by atoms with Crippen molar-refractivity contribution in [3.05, 3.63) is 90.6 Å². The number of fused-ring (bicyclic) bond motifs is 1. The van der Waals surface area contributed by atoms with E-state index in [1.807, 2.05) is 80.5 Å². The number of thiazole rings is 1. The lowest BCUT2D eigenvalue weighted by atomic mass is 9.93. The van der Waals surface area contributed by atoms with Crippen LogP contribution in [0.1, 0.15) is 31.0 Å². The van der Waals surface area contributed by atoms with Gasteiger partial charge >= 0.3 is 0 Å². The number of allylic oxidation sites excluding steroid dienone is 2. The summed E-state index contributed by atoms with van der Waals surface area (Å²) >= 11 is 1.33. The van der Waals surface area contributed by atoms with Crippen LogP contribution in [0.5, 0.6) is 5.75 Å². The van der Waals surface area contributed by atoms with Crippen molar-refractivity contribution in [1.29, 1.82) is 0 Å². The molecule has 32 heavy (non-hydrogen) atoms. The molecule has 6 nitrogen and oxygen atoms in total. The highest BCUT2D eigenvalue weighted by Crippen LogP contribution is 2.31. The highest BCUT2D eigenvalue weighted by Gasteiger charge is 2.30. The number of ketones is 1. The van der Waals surface area contributed by atoms with Gasteiger partial charge in [0.05, 0.1) is 17.7 Å². The summed E-state index contributed by atoms with van der Waals surface area (Å²) in [5.74, 6) is 0.670. The molecule has 0 amide bonds. The second-order valence-electron chi connectivity index (χ2n) is 7.90. The van der Waals surface area contributed by atoms with Gasteiger partial charge in [-0.1, -0.05) is 35.6 Å². The maximum atomic E-state index is 13.5. The van der Waals surface area contributed by atoms with E-state index >= 15 is 0 Å². The first-order chi connectivity index (χ1) is 15.3. The van der Waals surface area contributed by atoms with Crippen LogP contribution in [0.4, 0.5) is 5.69 Å². The number of aromatic nitrogens is 1. The Bertz CT molecular complexity index is 1380. The first-order valence-electron chi connectivity index (χ1n) is 10.2. The molecular weight excluding hydrogens is 422 g/mol. The fraction of sp³-hybridized carbons (Fsp3) is 0.240. The smallest absolute Gasteiger partial charge is 0.271 e. The number of nitrogens with zero attached hydrogens (tertiary/aromatic N) is 3. The van der Waals surface area contributed by atoms with Gasteiger partial charge in [-0.05, 0) is 55.3 Å². The third kappa shape index (κ3) is 3.91. The number of carbonyl (C=O) groups is 1. The minimum atomic E-state index is -0.502. The Hall–Kier alpha value is -3.45. The number of hydrogen-bond donors (Lipinski definition) is 0. The largest absolute Gasteiger partial charge is 0.497 e. The SMILES string of the molecule is COc1ccc(/C=c2/sc3n(c2=O)C(c2ccc(N(C)C)cc2)C(C(C)=O)=C(C)N=3)cc1. The number of carbonyl (C=O) groups excluding carboxylic acids is 1. The van der Waals surface area contributed by atoms with Crippen LogP contribution in [0.2, 0.25) is 0 Å². The van der Waals surface area contributed by atoms with Crippen molar-refractivity contribution >= 4 is 28.9 Å². The molecule has 164 valence electrons. The molecule has 0 aliphatic carbocycles. The van der Waals surface area contributed by atoms with Gasteiger partial charge < -0.3 is 9.64 Å². The lowest BCUT2D eigenvalue weighted by Crippen LogP contribution is -2.39. The van der Waals surface area contributed by atoms with Crippen molar-refractivity contribution in [1.82, 2.24) is 4.57 Å². The standard InChI is InChI=1S/C25H25N3O3S/c1-15-22(16(2)29)23(18-8-10-19(11-9-18)27(3)4)28-24(30)21(32-25(28)26-15)14-17-6-12-20(31-5)13-7-17/h6-14,23H,1-5H3/b21-14+. The monoisotopic (exact) mass is 447 g/mol. The topological polar surface area (TPSA) is 63.9 Å². The lowest BCUT2D eigenvalue weighted by molar-refractivity contribution is -0.114. The number of methoxy groups -OCH3 is 1. The Balaban J connectivity index is 1.90. The van der Waals surface area contributed by atoms with Crippen molar-refractivity contribution in [2.75, 3.05) is 26.1 Å². The highest BCUT2D eigenvalue weighted by molar-refractivity contribution is 7.07. The Morgan fingerprint density at radius 1 is 1.12 bits per heavy atom. The van der Waals surface area contributed by atoms with E-state index in [2.05, 4.69) is 4.99 Å². The summed E-state index contributed by atoms with van der Waals surface area (Å²) in [6.07, 6.45) is 1.85. The van der Waals surface area contributed by atoms with Crippen LogP contribution in [0.3, 0.4) is 0 Å². The lowest BCUT2D eigenvalue weighted by Gasteiger charge is -2.25. The van der Waals surface area contributed by atoms with Crippen molar-refractivity contribution in [3.8, 4) is 5.75 Å². The van der Waals surface area contributed by atoms with E-state index in [9.17, 15) is 9.59 Å². The minimum Gasteiger partial charge on any atom is -0.497 e. The molecule has 2 aromatic carbocycles. The summed E-state index contributed by atoms with van der Waals surface area (Å²) in [5, 5.41) is 0. The van der Waals surface area contributed by atoms with Crippen LogP contribution in [-0.4, -0.2) is 31.6 Å². The Kier molecular flexibility index (Phi) is 5.84. The quantitative estimate of drug-likeness (QED) is 0.603.